The van der Waals surface area contributed by atoms with Crippen LogP contribution in [0.15, 0.2) is 47.4 Å². The van der Waals surface area contributed by atoms with E-state index in [1.165, 1.54) is 22.3 Å². The first-order valence-corrected chi connectivity index (χ1v) is 5.94. The molecule has 0 aromatic heterocycles. The number of benzene rings is 2. The molecule has 0 saturated carbocycles. The number of rotatable bonds is 2. The first-order chi connectivity index (χ1) is 7.66. The van der Waals surface area contributed by atoms with E-state index in [0.29, 0.717) is 0 Å². The van der Waals surface area contributed by atoms with Crippen molar-refractivity contribution in [2.75, 3.05) is 0 Å². The Kier molecular flexibility index (Phi) is 3.35. The van der Waals surface area contributed by atoms with Gasteiger partial charge in [-0.05, 0) is 43.0 Å². The lowest BCUT2D eigenvalue weighted by molar-refractivity contribution is 1.10. The van der Waals surface area contributed by atoms with E-state index in [4.69, 9.17) is 0 Å². The monoisotopic (exact) mass is 228 g/mol. The van der Waals surface area contributed by atoms with Crippen LogP contribution in [0.25, 0.3) is 0 Å². The molecule has 2 aromatic carbocycles. The van der Waals surface area contributed by atoms with Gasteiger partial charge in [-0.1, -0.05) is 42.0 Å². The Morgan fingerprint density at radius 1 is 0.938 bits per heavy atom. The molecule has 0 amide bonds. The van der Waals surface area contributed by atoms with Crippen LogP contribution in [-0.2, 0) is 6.42 Å². The Morgan fingerprint density at radius 2 is 1.69 bits per heavy atom. The summed E-state index contributed by atoms with van der Waals surface area (Å²) < 4.78 is 0. The number of hydrogen-bond donors (Lipinski definition) is 1. The highest BCUT2D eigenvalue weighted by Crippen LogP contribution is 2.20. The van der Waals surface area contributed by atoms with Crippen LogP contribution >= 0.6 is 12.6 Å². The maximum absolute atomic E-state index is 4.49. The summed E-state index contributed by atoms with van der Waals surface area (Å²) in [7, 11) is 0. The van der Waals surface area contributed by atoms with E-state index in [9.17, 15) is 0 Å². The van der Waals surface area contributed by atoms with Crippen LogP contribution in [0, 0.1) is 13.8 Å². The molecular formula is C15H16S. The highest BCUT2D eigenvalue weighted by atomic mass is 32.1. The van der Waals surface area contributed by atoms with Gasteiger partial charge in [0.2, 0.25) is 0 Å². The maximum atomic E-state index is 4.49. The second-order valence-corrected chi connectivity index (χ2v) is 4.72. The summed E-state index contributed by atoms with van der Waals surface area (Å²) in [6.45, 7) is 4.30. The second-order valence-electron chi connectivity index (χ2n) is 4.24. The van der Waals surface area contributed by atoms with Crippen molar-refractivity contribution in [3.63, 3.8) is 0 Å². The molecule has 0 atom stereocenters. The predicted octanol–water partition coefficient (Wildman–Crippen LogP) is 4.18. The third-order valence-corrected chi connectivity index (χ3v) is 3.31. The summed E-state index contributed by atoms with van der Waals surface area (Å²) in [5.74, 6) is 0. The van der Waals surface area contributed by atoms with Crippen molar-refractivity contribution in [1.82, 2.24) is 0 Å². The van der Waals surface area contributed by atoms with Gasteiger partial charge in [-0.25, -0.2) is 0 Å². The SMILES string of the molecule is Cc1ccc(C)c(Cc2ccccc2S)c1. The summed E-state index contributed by atoms with van der Waals surface area (Å²) >= 11 is 4.49. The summed E-state index contributed by atoms with van der Waals surface area (Å²) in [4.78, 5) is 1.07. The molecule has 0 aliphatic rings. The summed E-state index contributed by atoms with van der Waals surface area (Å²) in [5.41, 5.74) is 5.35. The molecule has 0 spiro atoms. The van der Waals surface area contributed by atoms with E-state index in [1.54, 1.807) is 0 Å². The van der Waals surface area contributed by atoms with Gasteiger partial charge in [0.15, 0.2) is 0 Å². The van der Waals surface area contributed by atoms with Crippen LogP contribution in [0.4, 0.5) is 0 Å². The highest BCUT2D eigenvalue weighted by Gasteiger charge is 2.03. The second kappa shape index (κ2) is 4.75. The average Bonchev–Trinajstić information content (AvgIpc) is 2.27. The Balaban J connectivity index is 2.34. The summed E-state index contributed by atoms with van der Waals surface area (Å²) in [5, 5.41) is 0. The molecule has 0 nitrogen and oxygen atoms in total. The summed E-state index contributed by atoms with van der Waals surface area (Å²) in [6.07, 6.45) is 0.965. The molecule has 1 heteroatoms. The average molecular weight is 228 g/mol. The molecule has 0 saturated heterocycles. The Bertz CT molecular complexity index is 501. The Hall–Kier alpha value is -1.21. The normalized spacial score (nSPS) is 10.4. The minimum absolute atomic E-state index is 0.965. The van der Waals surface area contributed by atoms with Crippen LogP contribution in [0.2, 0.25) is 0 Å². The van der Waals surface area contributed by atoms with E-state index in [1.807, 2.05) is 12.1 Å². The van der Waals surface area contributed by atoms with Gasteiger partial charge in [0.1, 0.15) is 0 Å². The van der Waals surface area contributed by atoms with E-state index in [2.05, 4.69) is 56.8 Å². The van der Waals surface area contributed by atoms with Gasteiger partial charge in [0.05, 0.1) is 0 Å². The van der Waals surface area contributed by atoms with Crippen molar-refractivity contribution in [2.45, 2.75) is 25.2 Å². The molecule has 2 aromatic rings. The lowest BCUT2D eigenvalue weighted by atomic mass is 9.99. The lowest BCUT2D eigenvalue weighted by Gasteiger charge is -2.09. The first-order valence-electron chi connectivity index (χ1n) is 5.50. The first kappa shape index (κ1) is 11.3. The van der Waals surface area contributed by atoms with Gasteiger partial charge in [0, 0.05) is 4.90 Å². The number of hydrogen-bond acceptors (Lipinski definition) is 1. The van der Waals surface area contributed by atoms with Crippen LogP contribution < -0.4 is 0 Å². The predicted molar refractivity (Wildman–Crippen MR) is 72.4 cm³/mol. The zero-order chi connectivity index (χ0) is 11.5. The molecule has 0 fully saturated rings. The molecule has 16 heavy (non-hydrogen) atoms. The molecule has 0 bridgehead atoms. The van der Waals surface area contributed by atoms with Gasteiger partial charge < -0.3 is 0 Å². The van der Waals surface area contributed by atoms with Gasteiger partial charge in [0.25, 0.3) is 0 Å². The molecule has 0 N–H and O–H groups in total. The minimum atomic E-state index is 0.965. The van der Waals surface area contributed by atoms with E-state index < -0.39 is 0 Å². The zero-order valence-electron chi connectivity index (χ0n) is 9.70. The maximum Gasteiger partial charge on any atom is 0.00754 e. The van der Waals surface area contributed by atoms with Gasteiger partial charge in [-0.2, -0.15) is 0 Å². The fraction of sp³-hybridized carbons (Fsp3) is 0.200. The number of thiol groups is 1. The summed E-state index contributed by atoms with van der Waals surface area (Å²) in [6, 6.07) is 14.9. The van der Waals surface area contributed by atoms with Crippen LogP contribution in [0.3, 0.4) is 0 Å². The van der Waals surface area contributed by atoms with E-state index >= 15 is 0 Å². The molecular weight excluding hydrogens is 212 g/mol. The molecule has 2 rings (SSSR count). The van der Waals surface area contributed by atoms with Crippen molar-refractivity contribution in [3.05, 3.63) is 64.7 Å². The van der Waals surface area contributed by atoms with Crippen molar-refractivity contribution < 1.29 is 0 Å². The van der Waals surface area contributed by atoms with Crippen LogP contribution in [0.5, 0.6) is 0 Å². The van der Waals surface area contributed by atoms with E-state index in [-0.39, 0.29) is 0 Å². The quantitative estimate of drug-likeness (QED) is 0.732. The topological polar surface area (TPSA) is 0 Å². The van der Waals surface area contributed by atoms with Crippen molar-refractivity contribution in [3.8, 4) is 0 Å². The standard InChI is InChI=1S/C15H16S/c1-11-7-8-12(2)14(9-11)10-13-5-3-4-6-15(13)16/h3-9,16H,10H2,1-2H3. The fourth-order valence-electron chi connectivity index (χ4n) is 1.86. The fourth-order valence-corrected chi connectivity index (χ4v) is 2.10. The third kappa shape index (κ3) is 2.48. The Labute approximate surface area is 103 Å². The molecule has 0 radical (unpaired) electrons. The molecule has 82 valence electrons. The third-order valence-electron chi connectivity index (χ3n) is 2.88. The molecule has 0 heterocycles. The highest BCUT2D eigenvalue weighted by molar-refractivity contribution is 7.80. The molecule has 0 unspecified atom stereocenters. The smallest absolute Gasteiger partial charge is 0.00754 e. The molecule has 0 aliphatic carbocycles. The van der Waals surface area contributed by atoms with Gasteiger partial charge in [-0.3, -0.25) is 0 Å². The molecule has 0 aliphatic heterocycles. The van der Waals surface area contributed by atoms with Crippen LogP contribution in [0.1, 0.15) is 22.3 Å². The van der Waals surface area contributed by atoms with Crippen molar-refractivity contribution in [1.29, 1.82) is 0 Å². The van der Waals surface area contributed by atoms with Crippen LogP contribution in [-0.4, -0.2) is 0 Å². The van der Waals surface area contributed by atoms with Gasteiger partial charge >= 0.3 is 0 Å². The number of aryl methyl sites for hydroxylation is 2. The lowest BCUT2D eigenvalue weighted by Crippen LogP contribution is -1.93. The van der Waals surface area contributed by atoms with Crippen molar-refractivity contribution >= 4 is 12.6 Å². The minimum Gasteiger partial charge on any atom is -0.143 e. The largest absolute Gasteiger partial charge is 0.143 e. The Morgan fingerprint density at radius 3 is 2.44 bits per heavy atom. The zero-order valence-corrected chi connectivity index (χ0v) is 10.6. The van der Waals surface area contributed by atoms with Crippen molar-refractivity contribution in [2.24, 2.45) is 0 Å². The van der Waals surface area contributed by atoms with Gasteiger partial charge in [-0.15, -0.1) is 12.6 Å². The van der Waals surface area contributed by atoms with E-state index in [0.717, 1.165) is 11.3 Å².